The number of carbonyl (C=O) groups is 5. The lowest BCUT2D eigenvalue weighted by molar-refractivity contribution is -0.253. The number of rotatable bonds is 6. The highest BCUT2D eigenvalue weighted by molar-refractivity contribution is 5.77. The van der Waals surface area contributed by atoms with Gasteiger partial charge in [0.25, 0.3) is 0 Å². The summed E-state index contributed by atoms with van der Waals surface area (Å²) in [5, 5.41) is 0. The summed E-state index contributed by atoms with van der Waals surface area (Å²) >= 11 is 0. The number of ether oxygens (including phenoxy) is 6. The van der Waals surface area contributed by atoms with Crippen molar-refractivity contribution < 1.29 is 52.4 Å². The minimum Gasteiger partial charge on any atom is -0.467 e. The molecule has 0 amide bonds. The molecule has 11 heteroatoms. The van der Waals surface area contributed by atoms with Gasteiger partial charge in [0.2, 0.25) is 0 Å². The maximum absolute atomic E-state index is 12.1. The van der Waals surface area contributed by atoms with Crippen LogP contribution in [0.3, 0.4) is 0 Å². The van der Waals surface area contributed by atoms with Crippen LogP contribution in [0.5, 0.6) is 0 Å². The predicted octanol–water partition coefficient (Wildman–Crippen LogP) is -0.715. The topological polar surface area (TPSA) is 141 Å². The molecule has 0 aromatic heterocycles. The second kappa shape index (κ2) is 9.86. The van der Waals surface area contributed by atoms with Crippen molar-refractivity contribution in [1.29, 1.82) is 0 Å². The van der Waals surface area contributed by atoms with Crippen LogP contribution in [0.2, 0.25) is 0 Å². The third kappa shape index (κ3) is 6.51. The summed E-state index contributed by atoms with van der Waals surface area (Å²) in [6.45, 7) is 3.99. The van der Waals surface area contributed by atoms with Crippen LogP contribution in [0.4, 0.5) is 0 Å². The van der Waals surface area contributed by atoms with E-state index < -0.39 is 67.0 Å². The van der Waals surface area contributed by atoms with Gasteiger partial charge in [0, 0.05) is 27.7 Å². The molecule has 0 bridgehead atoms. The highest BCUT2D eigenvalue weighted by Gasteiger charge is 2.54. The lowest BCUT2D eigenvalue weighted by atomic mass is 9.94. The van der Waals surface area contributed by atoms with E-state index in [2.05, 4.69) is 4.74 Å². The van der Waals surface area contributed by atoms with Gasteiger partial charge < -0.3 is 28.4 Å². The molecule has 1 saturated heterocycles. The molecule has 0 aromatic carbocycles. The van der Waals surface area contributed by atoms with E-state index in [9.17, 15) is 24.0 Å². The van der Waals surface area contributed by atoms with E-state index in [0.29, 0.717) is 0 Å². The fourth-order valence-electron chi connectivity index (χ4n) is 2.53. The number of hydrogen-bond donors (Lipinski definition) is 0. The molecule has 0 radical (unpaired) electrons. The van der Waals surface area contributed by atoms with Crippen LogP contribution in [0.25, 0.3) is 0 Å². The Hall–Kier alpha value is -2.69. The van der Waals surface area contributed by atoms with Crippen LogP contribution in [0.1, 0.15) is 27.7 Å². The molecule has 1 aliphatic heterocycles. The standard InChI is InChI=1S/C16H22O11/c1-7(17)23-6-11-12(24-8(2)18)13(25-9(3)19)14(26-10(4)20)15(27-11)16(21)22-5/h11-15H,6H2,1-5H3/t11-,12-,13-,14+,15-/m1/s1. The summed E-state index contributed by atoms with van der Waals surface area (Å²) in [4.78, 5) is 57.8. The molecule has 0 unspecified atom stereocenters. The minimum absolute atomic E-state index is 0.411. The smallest absolute Gasteiger partial charge is 0.339 e. The van der Waals surface area contributed by atoms with Crippen molar-refractivity contribution >= 4 is 29.8 Å². The van der Waals surface area contributed by atoms with Gasteiger partial charge in [0.15, 0.2) is 24.4 Å². The van der Waals surface area contributed by atoms with Gasteiger partial charge in [0.05, 0.1) is 7.11 Å². The third-order valence-corrected chi connectivity index (χ3v) is 3.42. The first-order chi connectivity index (χ1) is 12.6. The van der Waals surface area contributed by atoms with Crippen molar-refractivity contribution in [2.75, 3.05) is 13.7 Å². The quantitative estimate of drug-likeness (QED) is 0.419. The SMILES string of the molecule is COC(=O)[C@@H]1O[C@H](COC(C)=O)[C@@H](OC(C)=O)[C@@H](OC(C)=O)[C@@H]1OC(C)=O. The molecule has 1 aliphatic rings. The third-order valence-electron chi connectivity index (χ3n) is 3.42. The molecule has 1 heterocycles. The Morgan fingerprint density at radius 1 is 0.741 bits per heavy atom. The van der Waals surface area contributed by atoms with E-state index >= 15 is 0 Å². The Morgan fingerprint density at radius 2 is 1.22 bits per heavy atom. The Morgan fingerprint density at radius 3 is 1.67 bits per heavy atom. The second-order valence-corrected chi connectivity index (χ2v) is 5.64. The minimum atomic E-state index is -1.50. The van der Waals surface area contributed by atoms with Gasteiger partial charge in [-0.25, -0.2) is 4.79 Å². The first-order valence-corrected chi connectivity index (χ1v) is 7.95. The average Bonchev–Trinajstić information content (AvgIpc) is 2.54. The van der Waals surface area contributed by atoms with Gasteiger partial charge >= 0.3 is 29.8 Å². The fraction of sp³-hybridized carbons (Fsp3) is 0.688. The molecule has 0 saturated carbocycles. The molecule has 5 atom stereocenters. The normalized spacial score (nSPS) is 27.1. The van der Waals surface area contributed by atoms with Crippen molar-refractivity contribution in [3.63, 3.8) is 0 Å². The molecular weight excluding hydrogens is 368 g/mol. The molecule has 11 nitrogen and oxygen atoms in total. The Labute approximate surface area is 155 Å². The zero-order valence-electron chi connectivity index (χ0n) is 15.6. The number of carbonyl (C=O) groups excluding carboxylic acids is 5. The first kappa shape index (κ1) is 22.4. The predicted molar refractivity (Wildman–Crippen MR) is 84.0 cm³/mol. The van der Waals surface area contributed by atoms with Crippen LogP contribution in [-0.4, -0.2) is 74.1 Å². The van der Waals surface area contributed by atoms with Gasteiger partial charge in [0.1, 0.15) is 12.7 Å². The van der Waals surface area contributed by atoms with Crippen molar-refractivity contribution in [3.8, 4) is 0 Å². The van der Waals surface area contributed by atoms with E-state index in [0.717, 1.165) is 34.8 Å². The van der Waals surface area contributed by atoms with Crippen molar-refractivity contribution in [2.24, 2.45) is 0 Å². The number of hydrogen-bond acceptors (Lipinski definition) is 11. The first-order valence-electron chi connectivity index (χ1n) is 7.95. The Balaban J connectivity index is 3.33. The Bertz CT molecular complexity index is 599. The van der Waals surface area contributed by atoms with E-state index in [1.165, 1.54) is 0 Å². The van der Waals surface area contributed by atoms with Crippen LogP contribution in [-0.2, 0) is 52.4 Å². The Kier molecular flexibility index (Phi) is 8.16. The van der Waals surface area contributed by atoms with Gasteiger partial charge in [-0.3, -0.25) is 19.2 Å². The van der Waals surface area contributed by atoms with Gasteiger partial charge in [-0.05, 0) is 0 Å². The number of esters is 5. The summed E-state index contributed by atoms with van der Waals surface area (Å²) in [6, 6.07) is 0. The van der Waals surface area contributed by atoms with Crippen LogP contribution >= 0.6 is 0 Å². The van der Waals surface area contributed by atoms with E-state index in [4.69, 9.17) is 23.7 Å². The fourth-order valence-corrected chi connectivity index (χ4v) is 2.53. The highest BCUT2D eigenvalue weighted by Crippen LogP contribution is 2.29. The van der Waals surface area contributed by atoms with Gasteiger partial charge in [-0.1, -0.05) is 0 Å². The highest BCUT2D eigenvalue weighted by atomic mass is 16.7. The van der Waals surface area contributed by atoms with Crippen LogP contribution in [0, 0.1) is 0 Å². The van der Waals surface area contributed by atoms with Crippen molar-refractivity contribution in [1.82, 2.24) is 0 Å². The molecule has 1 rings (SSSR count). The molecule has 27 heavy (non-hydrogen) atoms. The van der Waals surface area contributed by atoms with E-state index in [1.807, 2.05) is 0 Å². The molecule has 1 fully saturated rings. The maximum Gasteiger partial charge on any atom is 0.339 e. The summed E-state index contributed by atoms with van der Waals surface area (Å²) in [5.74, 6) is -3.92. The zero-order valence-corrected chi connectivity index (χ0v) is 15.6. The van der Waals surface area contributed by atoms with Gasteiger partial charge in [-0.2, -0.15) is 0 Å². The molecule has 0 aliphatic carbocycles. The van der Waals surface area contributed by atoms with Crippen LogP contribution < -0.4 is 0 Å². The summed E-state index contributed by atoms with van der Waals surface area (Å²) in [6.07, 6.45) is -6.84. The molecular formula is C16H22O11. The molecule has 0 spiro atoms. The summed E-state index contributed by atoms with van der Waals surface area (Å²) in [5.41, 5.74) is 0. The molecule has 0 N–H and O–H groups in total. The second-order valence-electron chi connectivity index (χ2n) is 5.64. The van der Waals surface area contributed by atoms with Crippen molar-refractivity contribution in [3.05, 3.63) is 0 Å². The van der Waals surface area contributed by atoms with E-state index in [1.54, 1.807) is 0 Å². The van der Waals surface area contributed by atoms with E-state index in [-0.39, 0.29) is 0 Å². The van der Waals surface area contributed by atoms with Crippen LogP contribution in [0.15, 0.2) is 0 Å². The largest absolute Gasteiger partial charge is 0.467 e. The average molecular weight is 390 g/mol. The van der Waals surface area contributed by atoms with Crippen molar-refractivity contribution in [2.45, 2.75) is 58.2 Å². The summed E-state index contributed by atoms with van der Waals surface area (Å²) in [7, 11) is 1.08. The summed E-state index contributed by atoms with van der Waals surface area (Å²) < 4.78 is 30.4. The molecule has 0 aromatic rings. The number of methoxy groups -OCH3 is 1. The zero-order chi connectivity index (χ0) is 20.7. The lowest BCUT2D eigenvalue weighted by Crippen LogP contribution is -2.64. The van der Waals surface area contributed by atoms with Gasteiger partial charge in [-0.15, -0.1) is 0 Å². The molecule has 152 valence electrons. The monoisotopic (exact) mass is 390 g/mol. The lowest BCUT2D eigenvalue weighted by Gasteiger charge is -2.43. The maximum atomic E-state index is 12.1.